The predicted molar refractivity (Wildman–Crippen MR) is 122 cm³/mol. The van der Waals surface area contributed by atoms with E-state index >= 15 is 0 Å². The molecule has 4 aliphatic carbocycles. The fourth-order valence-electron chi connectivity index (χ4n) is 8.76. The number of hydrogen-bond acceptors (Lipinski definition) is 2. The van der Waals surface area contributed by atoms with Crippen LogP contribution in [0.2, 0.25) is 0 Å². The van der Waals surface area contributed by atoms with Crippen molar-refractivity contribution in [1.82, 2.24) is 15.1 Å². The van der Waals surface area contributed by atoms with Crippen LogP contribution in [0.4, 0.5) is 4.79 Å². The number of nitrogens with one attached hydrogen (secondary N) is 1. The molecule has 1 aromatic rings. The van der Waals surface area contributed by atoms with Crippen LogP contribution in [0.3, 0.4) is 0 Å². The molecular formula is C27H37N3O. The van der Waals surface area contributed by atoms with E-state index in [0.717, 1.165) is 55.6 Å². The second-order valence-electron chi connectivity index (χ2n) is 11.7. The molecule has 0 radical (unpaired) electrons. The first kappa shape index (κ1) is 19.0. The largest absolute Gasteiger partial charge is 0.331 e. The van der Waals surface area contributed by atoms with Gasteiger partial charge in [-0.3, -0.25) is 0 Å². The van der Waals surface area contributed by atoms with E-state index in [1.807, 2.05) is 4.90 Å². The van der Waals surface area contributed by atoms with Crippen LogP contribution in [0.15, 0.2) is 24.3 Å². The topological polar surface area (TPSA) is 35.6 Å². The summed E-state index contributed by atoms with van der Waals surface area (Å²) in [5, 5.41) is 3.45. The molecule has 2 heterocycles. The molecule has 4 heteroatoms. The zero-order chi connectivity index (χ0) is 20.6. The van der Waals surface area contributed by atoms with Gasteiger partial charge in [-0.15, -0.1) is 0 Å². The summed E-state index contributed by atoms with van der Waals surface area (Å²) < 4.78 is 0. The van der Waals surface area contributed by atoms with Gasteiger partial charge in [-0.25, -0.2) is 4.79 Å². The van der Waals surface area contributed by atoms with Gasteiger partial charge in [-0.05, 0) is 106 Å². The average molecular weight is 420 g/mol. The molecule has 1 N–H and O–H groups in total. The third-order valence-electron chi connectivity index (χ3n) is 10.6. The van der Waals surface area contributed by atoms with Crippen LogP contribution in [0, 0.1) is 17.3 Å². The Balaban J connectivity index is 1.05. The Kier molecular flexibility index (Phi) is 4.12. The van der Waals surface area contributed by atoms with Gasteiger partial charge < -0.3 is 15.1 Å². The second-order valence-corrected chi connectivity index (χ2v) is 11.7. The van der Waals surface area contributed by atoms with E-state index < -0.39 is 0 Å². The minimum absolute atomic E-state index is 0.161. The Labute approximate surface area is 186 Å². The summed E-state index contributed by atoms with van der Waals surface area (Å²) in [6.07, 6.45) is 13.3. The fourth-order valence-corrected chi connectivity index (χ4v) is 8.76. The van der Waals surface area contributed by atoms with Gasteiger partial charge in [-0.2, -0.15) is 0 Å². The Morgan fingerprint density at radius 1 is 0.935 bits per heavy atom. The standard InChI is InChI=1S/C27H37N3O/c31-25(30-12-4-1-5-13-30)28-23-17-26(21-7-3-2-6-20(21)23)10-14-29(15-11-26)24-18-27-16-19(27)8-9-22(24)27/h2-3,6-7,19,22-24H,1,4-5,8-18H2,(H,28,31)/t19-,22+,23+,24?,27?/m1/s1. The first-order chi connectivity index (χ1) is 15.2. The van der Waals surface area contributed by atoms with Gasteiger partial charge in [0.25, 0.3) is 0 Å². The van der Waals surface area contributed by atoms with Crippen molar-refractivity contribution in [1.29, 1.82) is 0 Å². The highest BCUT2D eigenvalue weighted by molar-refractivity contribution is 5.75. The third-order valence-corrected chi connectivity index (χ3v) is 10.6. The summed E-state index contributed by atoms with van der Waals surface area (Å²) in [6.45, 7) is 4.35. The van der Waals surface area contributed by atoms with Crippen molar-refractivity contribution >= 4 is 6.03 Å². The number of amides is 2. The summed E-state index contributed by atoms with van der Waals surface area (Å²) in [6, 6.07) is 10.2. The molecule has 7 rings (SSSR count). The molecule has 4 nitrogen and oxygen atoms in total. The third kappa shape index (κ3) is 2.73. The first-order valence-electron chi connectivity index (χ1n) is 13.1. The van der Waals surface area contributed by atoms with E-state index in [1.54, 1.807) is 6.42 Å². The number of carbonyl (C=O) groups is 1. The van der Waals surface area contributed by atoms with Crippen LogP contribution in [-0.4, -0.2) is 48.1 Å². The van der Waals surface area contributed by atoms with Crippen LogP contribution in [-0.2, 0) is 5.41 Å². The maximum Gasteiger partial charge on any atom is 0.317 e. The fraction of sp³-hybridized carbons (Fsp3) is 0.741. The number of fused-ring (bicyclic) bond motifs is 2. The quantitative estimate of drug-likeness (QED) is 0.744. The summed E-state index contributed by atoms with van der Waals surface area (Å²) in [5.74, 6) is 2.13. The minimum atomic E-state index is 0.161. The Morgan fingerprint density at radius 2 is 1.74 bits per heavy atom. The van der Waals surface area contributed by atoms with Crippen LogP contribution in [0.5, 0.6) is 0 Å². The van der Waals surface area contributed by atoms with Gasteiger partial charge >= 0.3 is 6.03 Å². The first-order valence-corrected chi connectivity index (χ1v) is 13.1. The molecule has 0 bridgehead atoms. The smallest absolute Gasteiger partial charge is 0.317 e. The summed E-state index contributed by atoms with van der Waals surface area (Å²) >= 11 is 0. The maximum absolute atomic E-state index is 13.0. The van der Waals surface area contributed by atoms with E-state index in [4.69, 9.17) is 0 Å². The van der Waals surface area contributed by atoms with Crippen molar-refractivity contribution in [2.45, 2.75) is 81.7 Å². The number of likely N-dealkylation sites (tertiary alicyclic amines) is 2. The monoisotopic (exact) mass is 419 g/mol. The second kappa shape index (κ2) is 6.73. The van der Waals surface area contributed by atoms with Crippen LogP contribution in [0.1, 0.15) is 81.4 Å². The molecule has 31 heavy (non-hydrogen) atoms. The lowest BCUT2D eigenvalue weighted by atomic mass is 9.65. The molecule has 166 valence electrons. The number of nitrogens with zero attached hydrogens (tertiary/aromatic N) is 2. The molecule has 3 saturated carbocycles. The average Bonchev–Trinajstić information content (AvgIpc) is 3.39. The molecule has 2 aliphatic heterocycles. The molecule has 2 unspecified atom stereocenters. The SMILES string of the molecule is O=C(N[C@H]1CC2(CCN(C3CC45C[C@H]4CC[C@@H]35)CC2)c2ccccc21)N1CCCCC1. The molecule has 1 aromatic carbocycles. The normalized spacial score (nSPS) is 40.1. The van der Waals surface area contributed by atoms with Crippen molar-refractivity contribution in [2.75, 3.05) is 26.2 Å². The van der Waals surface area contributed by atoms with Gasteiger partial charge in [0.15, 0.2) is 0 Å². The zero-order valence-electron chi connectivity index (χ0n) is 18.8. The summed E-state index contributed by atoms with van der Waals surface area (Å²) in [4.78, 5) is 17.9. The molecule has 2 spiro atoms. The van der Waals surface area contributed by atoms with Gasteiger partial charge in [0.2, 0.25) is 0 Å². The zero-order valence-corrected chi connectivity index (χ0v) is 18.8. The highest BCUT2D eigenvalue weighted by Crippen LogP contribution is 2.76. The number of rotatable bonds is 2. The number of benzene rings is 1. The van der Waals surface area contributed by atoms with E-state index in [1.165, 1.54) is 62.7 Å². The van der Waals surface area contributed by atoms with E-state index in [9.17, 15) is 4.79 Å². The molecule has 2 amide bonds. The van der Waals surface area contributed by atoms with Crippen LogP contribution >= 0.6 is 0 Å². The van der Waals surface area contributed by atoms with Gasteiger partial charge in [0, 0.05) is 24.5 Å². The number of hydrogen-bond donors (Lipinski definition) is 1. The highest BCUT2D eigenvalue weighted by Gasteiger charge is 2.71. The molecule has 0 aromatic heterocycles. The molecule has 2 saturated heterocycles. The minimum Gasteiger partial charge on any atom is -0.331 e. The lowest BCUT2D eigenvalue weighted by Gasteiger charge is -2.53. The number of urea groups is 1. The van der Waals surface area contributed by atoms with Gasteiger partial charge in [0.1, 0.15) is 0 Å². The van der Waals surface area contributed by atoms with Crippen LogP contribution < -0.4 is 5.32 Å². The van der Waals surface area contributed by atoms with E-state index in [0.29, 0.717) is 0 Å². The van der Waals surface area contributed by atoms with E-state index in [-0.39, 0.29) is 17.5 Å². The van der Waals surface area contributed by atoms with Gasteiger partial charge in [0.05, 0.1) is 6.04 Å². The maximum atomic E-state index is 13.0. The van der Waals surface area contributed by atoms with Crippen molar-refractivity contribution in [2.24, 2.45) is 17.3 Å². The molecular weight excluding hydrogens is 382 g/mol. The van der Waals surface area contributed by atoms with Crippen molar-refractivity contribution in [3.05, 3.63) is 35.4 Å². The highest BCUT2D eigenvalue weighted by atomic mass is 16.2. The number of carbonyl (C=O) groups excluding carboxylic acids is 1. The molecule has 6 aliphatic rings. The Bertz CT molecular complexity index is 882. The predicted octanol–water partition coefficient (Wildman–Crippen LogP) is 4.85. The Hall–Kier alpha value is -1.55. The Morgan fingerprint density at radius 3 is 2.52 bits per heavy atom. The summed E-state index contributed by atoms with van der Waals surface area (Å²) in [7, 11) is 0. The lowest BCUT2D eigenvalue weighted by molar-refractivity contribution is -0.0258. The molecule has 5 atom stereocenters. The van der Waals surface area contributed by atoms with Crippen molar-refractivity contribution in [3.63, 3.8) is 0 Å². The summed E-state index contributed by atoms with van der Waals surface area (Å²) in [5.41, 5.74) is 4.02. The molecule has 5 fully saturated rings. The van der Waals surface area contributed by atoms with Gasteiger partial charge in [-0.1, -0.05) is 24.3 Å². The van der Waals surface area contributed by atoms with E-state index in [2.05, 4.69) is 34.5 Å². The number of piperidine rings is 2. The van der Waals surface area contributed by atoms with Crippen molar-refractivity contribution in [3.8, 4) is 0 Å². The van der Waals surface area contributed by atoms with Crippen molar-refractivity contribution < 1.29 is 4.79 Å². The van der Waals surface area contributed by atoms with Crippen LogP contribution in [0.25, 0.3) is 0 Å². The lowest BCUT2D eigenvalue weighted by Crippen LogP contribution is -2.56.